The first kappa shape index (κ1) is 38.6. The van der Waals surface area contributed by atoms with E-state index in [2.05, 4.69) is 0 Å². The summed E-state index contributed by atoms with van der Waals surface area (Å²) in [4.78, 5) is 0. The molecule has 0 amide bonds. The van der Waals surface area contributed by atoms with Crippen LogP contribution in [0.25, 0.3) is 0 Å². The molecule has 3 heterocycles. The molecule has 3 saturated heterocycles. The van der Waals surface area contributed by atoms with E-state index in [1.54, 1.807) is 0 Å². The van der Waals surface area contributed by atoms with Crippen LogP contribution >= 0.6 is 0 Å². The van der Waals surface area contributed by atoms with Crippen LogP contribution in [0.1, 0.15) is 0 Å². The Balaban J connectivity index is 1.70. The van der Waals surface area contributed by atoms with Gasteiger partial charge in [-0.3, -0.25) is 0 Å². The Bertz CT molecular complexity index is 869. The van der Waals surface area contributed by atoms with Crippen LogP contribution in [0.4, 0.5) is 0 Å². The Morgan fingerprint density at radius 1 is 0.511 bits per heavy atom. The Morgan fingerprint density at radius 2 is 1.00 bits per heavy atom. The molecule has 3 aliphatic rings. The molecule has 15 N–H and O–H groups in total. The zero-order valence-electron chi connectivity index (χ0n) is 23.7. The molecule has 0 bridgehead atoms. The fourth-order valence-electron chi connectivity index (χ4n) is 5.03. The highest BCUT2D eigenvalue weighted by molar-refractivity contribution is 4.95. The van der Waals surface area contributed by atoms with E-state index in [0.717, 1.165) is 0 Å². The lowest BCUT2D eigenvalue weighted by Crippen LogP contribution is -2.65. The van der Waals surface area contributed by atoms with Crippen molar-refractivity contribution in [2.24, 2.45) is 0 Å². The van der Waals surface area contributed by atoms with Crippen LogP contribution in [0.2, 0.25) is 0 Å². The van der Waals surface area contributed by atoms with Gasteiger partial charge in [0.05, 0.1) is 33.0 Å². The van der Waals surface area contributed by atoms with Gasteiger partial charge in [-0.15, -0.1) is 0 Å². The maximum Gasteiger partial charge on any atom is 0.187 e. The van der Waals surface area contributed by atoms with Gasteiger partial charge in [-0.2, -0.15) is 0 Å². The highest BCUT2D eigenvalue weighted by Gasteiger charge is 2.52. The molecule has 0 aliphatic carbocycles. The third-order valence-electron chi connectivity index (χ3n) is 7.83. The van der Waals surface area contributed by atoms with E-state index >= 15 is 0 Å². The third-order valence-corrected chi connectivity index (χ3v) is 7.83. The van der Waals surface area contributed by atoms with Crippen LogP contribution in [0.15, 0.2) is 0 Å². The molecule has 3 rings (SSSR count). The summed E-state index contributed by atoms with van der Waals surface area (Å²) in [6, 6.07) is 0. The largest absolute Gasteiger partial charge is 0.394 e. The monoisotopic (exact) mass is 668 g/mol. The van der Waals surface area contributed by atoms with Crippen molar-refractivity contribution in [2.45, 2.75) is 117 Å². The smallest absolute Gasteiger partial charge is 0.187 e. The van der Waals surface area contributed by atoms with Gasteiger partial charge in [0.25, 0.3) is 0 Å². The summed E-state index contributed by atoms with van der Waals surface area (Å²) in [6.07, 6.45) is -34.5. The molecule has 0 unspecified atom stereocenters. The quantitative estimate of drug-likeness (QED) is 0.0816. The van der Waals surface area contributed by atoms with E-state index in [4.69, 9.17) is 33.5 Å². The van der Waals surface area contributed by atoms with Crippen molar-refractivity contribution >= 4 is 0 Å². The summed E-state index contributed by atoms with van der Waals surface area (Å²) in [7, 11) is 0. The molecule has 3 fully saturated rings. The Labute approximate surface area is 255 Å². The number of hydrogen-bond donors (Lipinski definition) is 15. The normalized spacial score (nSPS) is 45.5. The Morgan fingerprint density at radius 3 is 1.56 bits per heavy atom. The molecule has 0 aromatic heterocycles. The van der Waals surface area contributed by atoms with E-state index in [1.807, 2.05) is 0 Å². The molecular formula is C24H44O21. The molecule has 0 aromatic carbocycles. The molecule has 0 radical (unpaired) electrons. The topological polar surface area (TPSA) is 359 Å². The van der Waals surface area contributed by atoms with Crippen LogP contribution < -0.4 is 0 Å². The summed E-state index contributed by atoms with van der Waals surface area (Å²) in [5.41, 5.74) is 0. The van der Waals surface area contributed by atoms with Gasteiger partial charge in [-0.25, -0.2) is 0 Å². The van der Waals surface area contributed by atoms with Crippen LogP contribution in [0.3, 0.4) is 0 Å². The second kappa shape index (κ2) is 17.0. The van der Waals surface area contributed by atoms with Gasteiger partial charge in [-0.1, -0.05) is 0 Å². The summed E-state index contributed by atoms with van der Waals surface area (Å²) in [5.74, 6) is 0. The van der Waals surface area contributed by atoms with Gasteiger partial charge < -0.3 is 105 Å². The van der Waals surface area contributed by atoms with E-state index in [0.29, 0.717) is 0 Å². The molecule has 21 nitrogen and oxygen atoms in total. The van der Waals surface area contributed by atoms with Gasteiger partial charge in [-0.05, 0) is 0 Å². The van der Waals surface area contributed by atoms with E-state index < -0.39 is 150 Å². The molecular weight excluding hydrogens is 624 g/mol. The van der Waals surface area contributed by atoms with Gasteiger partial charge >= 0.3 is 0 Å². The summed E-state index contributed by atoms with van der Waals surface area (Å²) >= 11 is 0. The van der Waals surface area contributed by atoms with Crippen molar-refractivity contribution in [3.05, 3.63) is 0 Å². The van der Waals surface area contributed by atoms with Crippen LogP contribution in [-0.4, -0.2) is 226 Å². The molecule has 3 aliphatic heterocycles. The molecule has 0 aromatic rings. The average molecular weight is 669 g/mol. The minimum Gasteiger partial charge on any atom is -0.394 e. The second-order valence-electron chi connectivity index (χ2n) is 10.9. The second-order valence-corrected chi connectivity index (χ2v) is 10.9. The number of rotatable bonds is 14. The lowest BCUT2D eigenvalue weighted by atomic mass is 9.96. The highest BCUT2D eigenvalue weighted by Crippen LogP contribution is 2.31. The van der Waals surface area contributed by atoms with E-state index in [9.17, 15) is 71.5 Å². The van der Waals surface area contributed by atoms with Crippen molar-refractivity contribution in [3.63, 3.8) is 0 Å². The van der Waals surface area contributed by atoms with Gasteiger partial charge in [0, 0.05) is 0 Å². The Hall–Kier alpha value is -0.840. The van der Waals surface area contributed by atoms with Crippen molar-refractivity contribution in [3.8, 4) is 0 Å². The average Bonchev–Trinajstić information content (AvgIpc) is 3.04. The van der Waals surface area contributed by atoms with Gasteiger partial charge in [0.15, 0.2) is 18.9 Å². The van der Waals surface area contributed by atoms with Gasteiger partial charge in [0.2, 0.25) is 0 Å². The summed E-state index contributed by atoms with van der Waals surface area (Å²) in [5, 5.41) is 150. The molecule has 266 valence electrons. The third kappa shape index (κ3) is 8.61. The fourth-order valence-corrected chi connectivity index (χ4v) is 5.03. The van der Waals surface area contributed by atoms with E-state index in [1.165, 1.54) is 0 Å². The molecule has 21 heteroatoms. The minimum atomic E-state index is -2.08. The maximum absolute atomic E-state index is 10.8. The number of aliphatic hydroxyl groups excluding tert-OH is 15. The predicted molar refractivity (Wildman–Crippen MR) is 136 cm³/mol. The van der Waals surface area contributed by atoms with Crippen molar-refractivity contribution < 1.29 is 105 Å². The van der Waals surface area contributed by atoms with Crippen LogP contribution in [0.5, 0.6) is 0 Å². The molecule has 0 saturated carbocycles. The molecule has 19 atom stereocenters. The highest BCUT2D eigenvalue weighted by atomic mass is 16.8. The number of aliphatic hydroxyl groups is 15. The van der Waals surface area contributed by atoms with Crippen molar-refractivity contribution in [1.82, 2.24) is 0 Å². The number of ether oxygens (including phenoxy) is 6. The maximum atomic E-state index is 10.8. The first-order valence-corrected chi connectivity index (χ1v) is 14.0. The first-order chi connectivity index (χ1) is 21.2. The predicted octanol–water partition coefficient (Wildman–Crippen LogP) is -10.1. The number of hydrogen-bond acceptors (Lipinski definition) is 21. The standard InChI is InChI=1S/C24H44O21/c25-1-6(29)11(31)20(7(30)2-26)44-24-19(39)16(36)21(9(4-28)42-24)45-23-18(38)15(35)13(33)10(43-23)5-40-22-17(37)14(34)12(32)8(3-27)41-22/h6-39H,1-5H2/t6-,7+,8+,9+,10+,11+,12+,13+,14-,15-,16+,17+,18+,19+,20+,21+,22-,23+,24+/m0/s1. The van der Waals surface area contributed by atoms with E-state index in [-0.39, 0.29) is 0 Å². The zero-order valence-corrected chi connectivity index (χ0v) is 23.7. The fraction of sp³-hybridized carbons (Fsp3) is 1.00. The van der Waals surface area contributed by atoms with Crippen molar-refractivity contribution in [1.29, 1.82) is 0 Å². The molecule has 0 spiro atoms. The van der Waals surface area contributed by atoms with Crippen LogP contribution in [-0.2, 0) is 28.4 Å². The van der Waals surface area contributed by atoms with Crippen molar-refractivity contribution in [2.75, 3.05) is 33.0 Å². The molecule has 45 heavy (non-hydrogen) atoms. The zero-order chi connectivity index (χ0) is 33.7. The lowest BCUT2D eigenvalue weighted by Gasteiger charge is -2.47. The SMILES string of the molecule is OC[C@@H](O)[C@@H](O[C@H]1O[C@H](CO)[C@@H](O[C@H]2O[C@H](CO[C@H]3O[C@H](CO)[C@@H](O)[C@H](O)[C@H]3O)[C@@H](O)[C@H](O)[C@H]2O)[C@H](O)[C@H]1O)[C@H](O)[C@@H](O)CO. The Kier molecular flexibility index (Phi) is 14.6. The van der Waals surface area contributed by atoms with Gasteiger partial charge in [0.1, 0.15) is 97.7 Å². The minimum absolute atomic E-state index is 0.699. The first-order valence-electron chi connectivity index (χ1n) is 14.0. The lowest BCUT2D eigenvalue weighted by molar-refractivity contribution is -0.372. The van der Waals surface area contributed by atoms with Crippen LogP contribution in [0, 0.1) is 0 Å². The summed E-state index contributed by atoms with van der Waals surface area (Å²) < 4.78 is 32.3. The summed E-state index contributed by atoms with van der Waals surface area (Å²) in [6.45, 7) is -4.38.